The van der Waals surface area contributed by atoms with Crippen molar-refractivity contribution in [1.29, 1.82) is 0 Å². The maximum atomic E-state index is 12.4. The minimum atomic E-state index is 0. The van der Waals surface area contributed by atoms with Crippen molar-refractivity contribution in [3.05, 3.63) is 46.5 Å². The number of nitrogens with zero attached hydrogens (tertiary/aromatic N) is 2. The molecule has 0 bridgehead atoms. The Kier molecular flexibility index (Phi) is 5.39. The summed E-state index contributed by atoms with van der Waals surface area (Å²) in [6.07, 6.45) is 8.20. The molecule has 2 aromatic carbocycles. The van der Waals surface area contributed by atoms with Crippen LogP contribution in [0.25, 0.3) is 21.8 Å². The van der Waals surface area contributed by atoms with E-state index < -0.39 is 0 Å². The maximum absolute atomic E-state index is 12.4. The molecule has 2 heterocycles. The molecule has 4 nitrogen and oxygen atoms in total. The molecule has 1 aromatic heterocycles. The number of rotatable bonds is 3. The van der Waals surface area contributed by atoms with Crippen LogP contribution in [0.5, 0.6) is 0 Å². The quantitative estimate of drug-likeness (QED) is 0.555. The number of fused-ring (bicyclic) bond motifs is 7. The molecule has 0 amide bonds. The van der Waals surface area contributed by atoms with Crippen LogP contribution in [0.3, 0.4) is 0 Å². The highest BCUT2D eigenvalue weighted by Gasteiger charge is 2.29. The molecule has 162 valence electrons. The third-order valence-corrected chi connectivity index (χ3v) is 7.56. The Labute approximate surface area is 189 Å². The number of Topliss-reactive ketones (excluding diaryl/α,β-unsaturated/α-hetero) is 2. The van der Waals surface area contributed by atoms with Gasteiger partial charge in [0, 0.05) is 58.9 Å². The number of hydrogen-bond acceptors (Lipinski definition) is 3. The van der Waals surface area contributed by atoms with Crippen molar-refractivity contribution in [3.8, 4) is 0 Å². The highest BCUT2D eigenvalue weighted by atomic mass is 35.5. The fourth-order valence-electron chi connectivity index (χ4n) is 6.04. The van der Waals surface area contributed by atoms with E-state index in [1.165, 1.54) is 71.7 Å². The highest BCUT2D eigenvalue weighted by molar-refractivity contribution is 6.18. The summed E-state index contributed by atoms with van der Waals surface area (Å²) in [5.74, 6) is 0.530. The molecule has 0 unspecified atom stereocenters. The van der Waals surface area contributed by atoms with Gasteiger partial charge in [-0.2, -0.15) is 0 Å². The molecule has 31 heavy (non-hydrogen) atoms. The summed E-state index contributed by atoms with van der Waals surface area (Å²) in [5, 5.41) is 2.49. The molecular formula is C26H29ClN2O2. The summed E-state index contributed by atoms with van der Waals surface area (Å²) >= 11 is 0. The SMILES string of the molecule is Cl.O=C1CCc2c1ccc1c2c2c3c(ccc2n1CCN1CCCCCC1)C(=O)CC3. The lowest BCUT2D eigenvalue weighted by atomic mass is 9.98. The third-order valence-electron chi connectivity index (χ3n) is 7.56. The summed E-state index contributed by atoms with van der Waals surface area (Å²) in [6.45, 7) is 4.42. The Hall–Kier alpha value is -2.17. The van der Waals surface area contributed by atoms with Gasteiger partial charge in [0.1, 0.15) is 0 Å². The molecule has 1 fully saturated rings. The lowest BCUT2D eigenvalue weighted by molar-refractivity contribution is 0.0986. The Morgan fingerprint density at radius 3 is 1.68 bits per heavy atom. The maximum Gasteiger partial charge on any atom is 0.163 e. The molecule has 0 atom stereocenters. The Bertz CT molecular complexity index is 1120. The number of carbonyl (C=O) groups is 2. The van der Waals surface area contributed by atoms with Gasteiger partial charge in [-0.25, -0.2) is 0 Å². The number of hydrogen-bond donors (Lipinski definition) is 0. The first kappa shape index (κ1) is 20.7. The molecule has 6 rings (SSSR count). The fraction of sp³-hybridized carbons (Fsp3) is 0.462. The fourth-order valence-corrected chi connectivity index (χ4v) is 6.04. The second-order valence-corrected chi connectivity index (χ2v) is 9.23. The van der Waals surface area contributed by atoms with Gasteiger partial charge >= 0.3 is 0 Å². The number of ketones is 2. The first-order chi connectivity index (χ1) is 14.7. The van der Waals surface area contributed by atoms with Gasteiger partial charge < -0.3 is 9.47 Å². The van der Waals surface area contributed by atoms with E-state index in [0.29, 0.717) is 12.8 Å². The van der Waals surface area contributed by atoms with E-state index in [9.17, 15) is 9.59 Å². The van der Waals surface area contributed by atoms with Gasteiger partial charge in [-0.05, 0) is 74.2 Å². The van der Waals surface area contributed by atoms with Gasteiger partial charge in [0.05, 0.1) is 0 Å². The lowest BCUT2D eigenvalue weighted by Gasteiger charge is -2.20. The van der Waals surface area contributed by atoms with Gasteiger partial charge in [-0.3, -0.25) is 9.59 Å². The van der Waals surface area contributed by atoms with Crippen LogP contribution in [0.1, 0.15) is 70.4 Å². The first-order valence-electron chi connectivity index (χ1n) is 11.6. The van der Waals surface area contributed by atoms with Crippen LogP contribution in [0, 0.1) is 0 Å². The van der Waals surface area contributed by atoms with E-state index in [1.807, 2.05) is 12.1 Å². The predicted octanol–water partition coefficient (Wildman–Crippen LogP) is 5.35. The van der Waals surface area contributed by atoms with Crippen molar-refractivity contribution >= 4 is 45.8 Å². The summed E-state index contributed by atoms with van der Waals surface area (Å²) in [7, 11) is 0. The van der Waals surface area contributed by atoms with E-state index in [4.69, 9.17) is 0 Å². The van der Waals surface area contributed by atoms with Crippen LogP contribution in [0.2, 0.25) is 0 Å². The zero-order valence-corrected chi connectivity index (χ0v) is 18.7. The molecule has 0 radical (unpaired) electrons. The smallest absolute Gasteiger partial charge is 0.163 e. The van der Waals surface area contributed by atoms with Crippen LogP contribution in [0.15, 0.2) is 24.3 Å². The third kappa shape index (κ3) is 3.23. The summed E-state index contributed by atoms with van der Waals surface area (Å²) < 4.78 is 2.46. The molecule has 0 spiro atoms. The number of carbonyl (C=O) groups excluding carboxylic acids is 2. The second-order valence-electron chi connectivity index (χ2n) is 9.23. The van der Waals surface area contributed by atoms with Crippen LogP contribution >= 0.6 is 12.4 Å². The first-order valence-corrected chi connectivity index (χ1v) is 11.6. The van der Waals surface area contributed by atoms with E-state index in [2.05, 4.69) is 21.6 Å². The number of halogens is 1. The lowest BCUT2D eigenvalue weighted by Crippen LogP contribution is -2.28. The summed E-state index contributed by atoms with van der Waals surface area (Å²) in [4.78, 5) is 27.5. The van der Waals surface area contributed by atoms with Crippen LogP contribution in [-0.4, -0.2) is 40.7 Å². The van der Waals surface area contributed by atoms with Gasteiger partial charge in [0.25, 0.3) is 0 Å². The number of benzene rings is 2. The van der Waals surface area contributed by atoms with E-state index in [1.54, 1.807) is 0 Å². The Morgan fingerprint density at radius 1 is 0.645 bits per heavy atom. The zero-order valence-electron chi connectivity index (χ0n) is 17.9. The molecule has 3 aromatic rings. The Morgan fingerprint density at radius 2 is 1.16 bits per heavy atom. The predicted molar refractivity (Wildman–Crippen MR) is 127 cm³/mol. The van der Waals surface area contributed by atoms with Crippen LogP contribution in [0.4, 0.5) is 0 Å². The van der Waals surface area contributed by atoms with E-state index in [0.717, 1.165) is 37.1 Å². The summed E-state index contributed by atoms with van der Waals surface area (Å²) in [5.41, 5.74) is 6.70. The number of aromatic nitrogens is 1. The van der Waals surface area contributed by atoms with Gasteiger partial charge in [-0.15, -0.1) is 12.4 Å². The van der Waals surface area contributed by atoms with E-state index >= 15 is 0 Å². The minimum Gasteiger partial charge on any atom is -0.339 e. The normalized spacial score (nSPS) is 19.0. The van der Waals surface area contributed by atoms with Crippen molar-refractivity contribution < 1.29 is 9.59 Å². The largest absolute Gasteiger partial charge is 0.339 e. The topological polar surface area (TPSA) is 42.3 Å². The van der Waals surface area contributed by atoms with Gasteiger partial charge in [-0.1, -0.05) is 12.8 Å². The summed E-state index contributed by atoms with van der Waals surface area (Å²) in [6, 6.07) is 8.39. The van der Waals surface area contributed by atoms with Crippen molar-refractivity contribution in [2.45, 2.75) is 57.9 Å². The molecular weight excluding hydrogens is 408 g/mol. The van der Waals surface area contributed by atoms with Crippen molar-refractivity contribution in [1.82, 2.24) is 9.47 Å². The monoisotopic (exact) mass is 436 g/mol. The van der Waals surface area contributed by atoms with Gasteiger partial charge in [0.15, 0.2) is 11.6 Å². The molecule has 0 N–H and O–H groups in total. The number of aryl methyl sites for hydroxylation is 2. The number of likely N-dealkylation sites (tertiary alicyclic amines) is 1. The van der Waals surface area contributed by atoms with E-state index in [-0.39, 0.29) is 24.0 Å². The average molecular weight is 437 g/mol. The molecule has 5 heteroatoms. The standard InChI is InChI=1S/C26H28N2O2.ClH/c29-23-11-7-19-17(23)5-9-21-25(19)26-20-8-12-24(30)18(20)6-10-22(26)28(21)16-15-27-13-3-1-2-4-14-27;/h5-6,9-10H,1-4,7-8,11-16H2;1H. The van der Waals surface area contributed by atoms with Crippen molar-refractivity contribution in [2.75, 3.05) is 19.6 Å². The molecule has 0 saturated carbocycles. The molecule has 3 aliphatic rings. The molecule has 1 saturated heterocycles. The van der Waals surface area contributed by atoms with Crippen molar-refractivity contribution in [3.63, 3.8) is 0 Å². The Balaban J connectivity index is 0.00000204. The van der Waals surface area contributed by atoms with Crippen LogP contribution in [-0.2, 0) is 19.4 Å². The van der Waals surface area contributed by atoms with Crippen molar-refractivity contribution in [2.24, 2.45) is 0 Å². The molecule has 1 aliphatic heterocycles. The minimum absolute atomic E-state index is 0. The van der Waals surface area contributed by atoms with Crippen LogP contribution < -0.4 is 0 Å². The second kappa shape index (κ2) is 8.07. The zero-order chi connectivity index (χ0) is 20.2. The highest BCUT2D eigenvalue weighted by Crippen LogP contribution is 2.41. The average Bonchev–Trinajstić information content (AvgIpc) is 3.33. The molecule has 2 aliphatic carbocycles. The van der Waals surface area contributed by atoms with Gasteiger partial charge in [0.2, 0.25) is 0 Å².